The highest BCUT2D eigenvalue weighted by atomic mass is 15.2. The summed E-state index contributed by atoms with van der Waals surface area (Å²) in [5.74, 6) is 0.690. The molecule has 0 unspecified atom stereocenters. The Balaban J connectivity index is 0.000000369. The highest BCUT2D eigenvalue weighted by Crippen LogP contribution is 2.28. The van der Waals surface area contributed by atoms with E-state index in [0.29, 0.717) is 5.95 Å². The Morgan fingerprint density at radius 3 is 2.23 bits per heavy atom. The van der Waals surface area contributed by atoms with Gasteiger partial charge < -0.3 is 15.6 Å². The van der Waals surface area contributed by atoms with E-state index in [1.165, 1.54) is 49.7 Å². The summed E-state index contributed by atoms with van der Waals surface area (Å²) in [6, 6.07) is 8.87. The standard InChI is InChI=1S/C21H28N6.C6H12.C2H6/c1-2-3-8-23-21-25-14-19-18(13-24-20(19)26-21)17-6-4-16(5-7-17)15-27-11-9-22-10-12-27;1-2-4-6-5-3-1;1-2/h4-7,13-14,22H,2-3,8-12,15H2,1H3,(H2,23,24,25,26);1-6H2;1-2H3. The molecule has 0 radical (unpaired) electrons. The van der Waals surface area contributed by atoms with Crippen LogP contribution in [0.15, 0.2) is 36.7 Å². The van der Waals surface area contributed by atoms with Gasteiger partial charge in [0.05, 0.1) is 0 Å². The third-order valence-corrected chi connectivity index (χ3v) is 6.63. The number of hydrogen-bond donors (Lipinski definition) is 3. The van der Waals surface area contributed by atoms with Crippen LogP contribution in [0.1, 0.15) is 77.7 Å². The number of rotatable bonds is 7. The second kappa shape index (κ2) is 15.5. The molecule has 192 valence electrons. The lowest BCUT2D eigenvalue weighted by Crippen LogP contribution is -2.42. The molecule has 3 N–H and O–H groups in total. The average molecular weight is 479 g/mol. The van der Waals surface area contributed by atoms with Crippen molar-refractivity contribution in [1.29, 1.82) is 0 Å². The molecule has 1 saturated carbocycles. The molecule has 1 saturated heterocycles. The zero-order chi connectivity index (χ0) is 24.7. The van der Waals surface area contributed by atoms with Crippen LogP contribution in [0.4, 0.5) is 5.95 Å². The van der Waals surface area contributed by atoms with Crippen LogP contribution < -0.4 is 10.6 Å². The Labute approximate surface area is 212 Å². The number of H-pyrrole nitrogens is 1. The quantitative estimate of drug-likeness (QED) is 0.333. The van der Waals surface area contributed by atoms with Gasteiger partial charge in [0, 0.05) is 62.6 Å². The van der Waals surface area contributed by atoms with Crippen molar-refractivity contribution in [1.82, 2.24) is 25.2 Å². The minimum Gasteiger partial charge on any atom is -0.354 e. The fourth-order valence-electron chi connectivity index (χ4n) is 4.59. The summed E-state index contributed by atoms with van der Waals surface area (Å²) in [6.07, 6.45) is 15.2. The molecule has 5 rings (SSSR count). The molecule has 2 fully saturated rings. The van der Waals surface area contributed by atoms with Gasteiger partial charge in [-0.3, -0.25) is 4.90 Å². The Morgan fingerprint density at radius 1 is 0.943 bits per heavy atom. The van der Waals surface area contributed by atoms with Crippen molar-refractivity contribution in [3.63, 3.8) is 0 Å². The first-order valence-corrected chi connectivity index (χ1v) is 13.9. The van der Waals surface area contributed by atoms with Gasteiger partial charge in [0.25, 0.3) is 0 Å². The zero-order valence-electron chi connectivity index (χ0n) is 22.2. The van der Waals surface area contributed by atoms with Gasteiger partial charge in [0.1, 0.15) is 5.65 Å². The van der Waals surface area contributed by atoms with Gasteiger partial charge in [-0.2, -0.15) is 4.98 Å². The topological polar surface area (TPSA) is 68.9 Å². The van der Waals surface area contributed by atoms with Crippen molar-refractivity contribution < 1.29 is 0 Å². The van der Waals surface area contributed by atoms with Crippen molar-refractivity contribution in [2.24, 2.45) is 0 Å². The smallest absolute Gasteiger partial charge is 0.224 e. The van der Waals surface area contributed by atoms with Gasteiger partial charge in [-0.25, -0.2) is 4.98 Å². The number of unbranched alkanes of at least 4 members (excludes halogenated alkanes) is 1. The van der Waals surface area contributed by atoms with Crippen molar-refractivity contribution in [3.05, 3.63) is 42.2 Å². The fraction of sp³-hybridized carbons (Fsp3) is 0.586. The maximum absolute atomic E-state index is 4.60. The molecule has 2 aromatic heterocycles. The van der Waals surface area contributed by atoms with Crippen LogP contribution in [-0.4, -0.2) is 52.6 Å². The normalized spacial score (nSPS) is 16.1. The van der Waals surface area contributed by atoms with Crippen molar-refractivity contribution in [2.45, 2.75) is 78.7 Å². The predicted molar refractivity (Wildman–Crippen MR) is 150 cm³/mol. The van der Waals surface area contributed by atoms with Gasteiger partial charge >= 0.3 is 0 Å². The van der Waals surface area contributed by atoms with Crippen LogP contribution in [0, 0.1) is 0 Å². The number of aromatic amines is 1. The predicted octanol–water partition coefficient (Wildman–Crippen LogP) is 6.61. The summed E-state index contributed by atoms with van der Waals surface area (Å²) in [6.45, 7) is 12.5. The maximum Gasteiger partial charge on any atom is 0.224 e. The van der Waals surface area contributed by atoms with E-state index in [1.54, 1.807) is 0 Å². The molecular formula is C29H46N6. The minimum atomic E-state index is 0.690. The lowest BCUT2D eigenvalue weighted by atomic mass is 10.0. The zero-order valence-corrected chi connectivity index (χ0v) is 22.2. The molecule has 3 aromatic rings. The molecule has 1 aliphatic carbocycles. The Hall–Kier alpha value is -2.44. The molecule has 6 nitrogen and oxygen atoms in total. The Kier molecular flexibility index (Phi) is 12.1. The molecule has 3 heterocycles. The molecular weight excluding hydrogens is 432 g/mol. The summed E-state index contributed by atoms with van der Waals surface area (Å²) in [4.78, 5) is 14.9. The Morgan fingerprint density at radius 2 is 1.60 bits per heavy atom. The SMILES string of the molecule is C1CCCCC1.CC.CCCCNc1ncc2c(-c3ccc(CN4CCNCC4)cc3)c[nH]c2n1. The van der Waals surface area contributed by atoms with Gasteiger partial charge in [-0.1, -0.05) is 90.0 Å². The van der Waals surface area contributed by atoms with E-state index in [0.717, 1.165) is 68.7 Å². The summed E-state index contributed by atoms with van der Waals surface area (Å²) in [5, 5.41) is 7.74. The lowest BCUT2D eigenvalue weighted by molar-refractivity contribution is 0.233. The summed E-state index contributed by atoms with van der Waals surface area (Å²) in [5.41, 5.74) is 4.59. The largest absolute Gasteiger partial charge is 0.354 e. The van der Waals surface area contributed by atoms with Crippen LogP contribution in [0.2, 0.25) is 0 Å². The maximum atomic E-state index is 4.60. The molecule has 1 aromatic carbocycles. The number of aromatic nitrogens is 3. The molecule has 0 atom stereocenters. The van der Waals surface area contributed by atoms with Crippen LogP contribution >= 0.6 is 0 Å². The third-order valence-electron chi connectivity index (χ3n) is 6.63. The highest BCUT2D eigenvalue weighted by Gasteiger charge is 2.11. The first-order valence-electron chi connectivity index (χ1n) is 13.9. The van der Waals surface area contributed by atoms with Crippen molar-refractivity contribution in [3.8, 4) is 11.1 Å². The van der Waals surface area contributed by atoms with Gasteiger partial charge in [-0.05, 0) is 17.5 Å². The van der Waals surface area contributed by atoms with Crippen LogP contribution in [-0.2, 0) is 6.54 Å². The third kappa shape index (κ3) is 8.62. The van der Waals surface area contributed by atoms with E-state index in [4.69, 9.17) is 0 Å². The van der Waals surface area contributed by atoms with Gasteiger partial charge in [-0.15, -0.1) is 0 Å². The molecule has 2 aliphatic rings. The second-order valence-corrected chi connectivity index (χ2v) is 9.28. The molecule has 1 aliphatic heterocycles. The summed E-state index contributed by atoms with van der Waals surface area (Å²) < 4.78 is 0. The van der Waals surface area contributed by atoms with E-state index in [2.05, 4.69) is 61.7 Å². The second-order valence-electron chi connectivity index (χ2n) is 9.28. The van der Waals surface area contributed by atoms with Crippen LogP contribution in [0.3, 0.4) is 0 Å². The first kappa shape index (κ1) is 27.2. The summed E-state index contributed by atoms with van der Waals surface area (Å²) >= 11 is 0. The monoisotopic (exact) mass is 478 g/mol. The number of fused-ring (bicyclic) bond motifs is 1. The van der Waals surface area contributed by atoms with Crippen LogP contribution in [0.25, 0.3) is 22.2 Å². The number of nitrogens with zero attached hydrogens (tertiary/aromatic N) is 3. The van der Waals surface area contributed by atoms with E-state index in [1.807, 2.05) is 26.2 Å². The van der Waals surface area contributed by atoms with Crippen LogP contribution in [0.5, 0.6) is 0 Å². The van der Waals surface area contributed by atoms with Crippen molar-refractivity contribution in [2.75, 3.05) is 38.0 Å². The number of piperazine rings is 1. The van der Waals surface area contributed by atoms with E-state index in [-0.39, 0.29) is 0 Å². The molecule has 6 heteroatoms. The lowest BCUT2D eigenvalue weighted by Gasteiger charge is -2.27. The highest BCUT2D eigenvalue weighted by molar-refractivity contribution is 5.93. The van der Waals surface area contributed by atoms with Gasteiger partial charge in [0.2, 0.25) is 5.95 Å². The van der Waals surface area contributed by atoms with Crippen molar-refractivity contribution >= 4 is 17.0 Å². The molecule has 35 heavy (non-hydrogen) atoms. The number of benzene rings is 1. The Bertz CT molecular complexity index is 943. The average Bonchev–Trinajstić information content (AvgIpc) is 3.36. The fourth-order valence-corrected chi connectivity index (χ4v) is 4.59. The minimum absolute atomic E-state index is 0.690. The number of hydrogen-bond acceptors (Lipinski definition) is 5. The number of nitrogens with one attached hydrogen (secondary N) is 3. The number of anilines is 1. The molecule has 0 bridgehead atoms. The molecule has 0 spiro atoms. The first-order chi connectivity index (χ1) is 17.3. The van der Waals surface area contributed by atoms with Gasteiger partial charge in [0.15, 0.2) is 0 Å². The van der Waals surface area contributed by atoms with E-state index >= 15 is 0 Å². The molecule has 0 amide bonds. The van der Waals surface area contributed by atoms with E-state index in [9.17, 15) is 0 Å². The van der Waals surface area contributed by atoms with E-state index < -0.39 is 0 Å². The summed E-state index contributed by atoms with van der Waals surface area (Å²) in [7, 11) is 0.